The molecule has 3 aromatic rings. The van der Waals surface area contributed by atoms with Gasteiger partial charge in [0.2, 0.25) is 0 Å². The van der Waals surface area contributed by atoms with E-state index >= 15 is 0 Å². The molecule has 1 N–H and O–H groups in total. The van der Waals surface area contributed by atoms with Gasteiger partial charge in [-0.05, 0) is 48.9 Å². The second-order valence-corrected chi connectivity index (χ2v) is 7.46. The van der Waals surface area contributed by atoms with E-state index in [9.17, 15) is 19.1 Å². The number of aryl methyl sites for hydroxylation is 1. The second-order valence-electron chi connectivity index (χ2n) is 6.65. The summed E-state index contributed by atoms with van der Waals surface area (Å²) in [4.78, 5) is 26.9. The molecule has 152 valence electrons. The number of ketones is 1. The van der Waals surface area contributed by atoms with Crippen LogP contribution in [0.1, 0.15) is 22.9 Å². The Morgan fingerprint density at radius 3 is 2.40 bits per heavy atom. The number of amides is 1. The Kier molecular flexibility index (Phi) is 5.09. The molecule has 30 heavy (non-hydrogen) atoms. The average molecular weight is 447 g/mol. The lowest BCUT2D eigenvalue weighted by atomic mass is 9.95. The van der Waals surface area contributed by atoms with Gasteiger partial charge in [-0.1, -0.05) is 34.4 Å². The highest BCUT2D eigenvalue weighted by molar-refractivity contribution is 6.51. The topological polar surface area (TPSA) is 83.6 Å². The smallest absolute Gasteiger partial charge is 0.301 e. The summed E-state index contributed by atoms with van der Waals surface area (Å²) >= 11 is 12.2. The zero-order chi connectivity index (χ0) is 21.6. The Bertz CT molecular complexity index is 1200. The highest BCUT2D eigenvalue weighted by Crippen LogP contribution is 2.43. The van der Waals surface area contributed by atoms with Crippen LogP contribution in [0, 0.1) is 12.7 Å². The van der Waals surface area contributed by atoms with Gasteiger partial charge in [-0.15, -0.1) is 0 Å². The van der Waals surface area contributed by atoms with Crippen LogP contribution < -0.4 is 4.90 Å². The maximum atomic E-state index is 13.3. The zero-order valence-corrected chi connectivity index (χ0v) is 16.9. The average Bonchev–Trinajstić information content (AvgIpc) is 3.25. The molecule has 4 rings (SSSR count). The summed E-state index contributed by atoms with van der Waals surface area (Å²) in [6.45, 7) is 1.64. The van der Waals surface area contributed by atoms with Crippen molar-refractivity contribution in [3.05, 3.63) is 86.9 Å². The summed E-state index contributed by atoms with van der Waals surface area (Å²) in [7, 11) is 0. The van der Waals surface area contributed by atoms with Crippen molar-refractivity contribution in [1.29, 1.82) is 0 Å². The number of hydrogen-bond donors (Lipinski definition) is 1. The monoisotopic (exact) mass is 446 g/mol. The largest absolute Gasteiger partial charge is 0.507 e. The summed E-state index contributed by atoms with van der Waals surface area (Å²) in [6.07, 6.45) is 0. The number of benzene rings is 2. The third-order valence-corrected chi connectivity index (χ3v) is 5.42. The van der Waals surface area contributed by atoms with Crippen molar-refractivity contribution in [3.8, 4) is 0 Å². The molecule has 1 amide bonds. The number of halogens is 3. The first-order valence-electron chi connectivity index (χ1n) is 8.73. The molecule has 1 fully saturated rings. The first-order valence-corrected chi connectivity index (χ1v) is 9.48. The zero-order valence-electron chi connectivity index (χ0n) is 15.4. The number of carbonyl (C=O) groups excluding carboxylic acids is 2. The minimum absolute atomic E-state index is 0.101. The SMILES string of the molecule is Cc1cc(N2C(=O)C(=O)C(=C(O)c3ccc(F)cc3)[C@H]2c2ccc(Cl)c(Cl)c2)no1. The molecule has 6 nitrogen and oxygen atoms in total. The maximum Gasteiger partial charge on any atom is 0.301 e. The standard InChI is InChI=1S/C21H13Cl2FN2O4/c1-10-8-16(25-30-10)26-18(12-4-7-14(22)15(23)9-12)17(20(28)21(26)29)19(27)11-2-5-13(24)6-3-11/h2-9,18,27H,1H3/t18-/m1/s1. The molecule has 1 aliphatic heterocycles. The number of nitrogens with zero attached hydrogens (tertiary/aromatic N) is 2. The molecule has 0 spiro atoms. The fourth-order valence-electron chi connectivity index (χ4n) is 3.30. The molecule has 1 aliphatic rings. The van der Waals surface area contributed by atoms with Crippen LogP contribution in [0.25, 0.3) is 5.76 Å². The quantitative estimate of drug-likeness (QED) is 0.345. The van der Waals surface area contributed by atoms with Crippen molar-refractivity contribution in [1.82, 2.24) is 5.16 Å². The van der Waals surface area contributed by atoms with Crippen molar-refractivity contribution in [2.75, 3.05) is 4.90 Å². The van der Waals surface area contributed by atoms with Gasteiger partial charge < -0.3 is 9.63 Å². The number of anilines is 1. The summed E-state index contributed by atoms with van der Waals surface area (Å²) in [5.41, 5.74) is 0.411. The Balaban J connectivity index is 1.96. The van der Waals surface area contributed by atoms with Crippen LogP contribution in [-0.2, 0) is 9.59 Å². The predicted octanol–water partition coefficient (Wildman–Crippen LogP) is 5.06. The van der Waals surface area contributed by atoms with Crippen LogP contribution in [0.4, 0.5) is 10.2 Å². The molecule has 1 atom stereocenters. The van der Waals surface area contributed by atoms with Crippen LogP contribution in [-0.4, -0.2) is 22.0 Å². The van der Waals surface area contributed by atoms with Gasteiger partial charge in [0.25, 0.3) is 5.78 Å². The third kappa shape index (κ3) is 3.36. The van der Waals surface area contributed by atoms with Gasteiger partial charge in [0.15, 0.2) is 5.82 Å². The fraction of sp³-hybridized carbons (Fsp3) is 0.0952. The van der Waals surface area contributed by atoms with E-state index in [1.54, 1.807) is 13.0 Å². The summed E-state index contributed by atoms with van der Waals surface area (Å²) in [5, 5.41) is 15.2. The Morgan fingerprint density at radius 1 is 1.10 bits per heavy atom. The normalized spacial score (nSPS) is 18.3. The predicted molar refractivity (Wildman–Crippen MR) is 109 cm³/mol. The van der Waals surface area contributed by atoms with Crippen molar-refractivity contribution >= 4 is 46.5 Å². The van der Waals surface area contributed by atoms with E-state index in [1.807, 2.05) is 0 Å². The molecular formula is C21H13Cl2FN2O4. The van der Waals surface area contributed by atoms with E-state index in [-0.39, 0.29) is 27.0 Å². The molecular weight excluding hydrogens is 434 g/mol. The van der Waals surface area contributed by atoms with Crippen LogP contribution in [0.15, 0.2) is 58.6 Å². The highest BCUT2D eigenvalue weighted by Gasteiger charge is 2.48. The van der Waals surface area contributed by atoms with Crippen molar-refractivity contribution < 1.29 is 23.6 Å². The minimum Gasteiger partial charge on any atom is -0.507 e. The van der Waals surface area contributed by atoms with E-state index in [4.69, 9.17) is 27.7 Å². The van der Waals surface area contributed by atoms with E-state index in [0.29, 0.717) is 11.3 Å². The maximum absolute atomic E-state index is 13.3. The van der Waals surface area contributed by atoms with E-state index in [2.05, 4.69) is 5.16 Å². The Hall–Kier alpha value is -3.16. The first-order chi connectivity index (χ1) is 14.3. The molecule has 1 aromatic heterocycles. The van der Waals surface area contributed by atoms with Gasteiger partial charge >= 0.3 is 5.91 Å². The van der Waals surface area contributed by atoms with E-state index in [0.717, 1.165) is 17.0 Å². The highest BCUT2D eigenvalue weighted by atomic mass is 35.5. The number of aliphatic hydroxyl groups is 1. The number of hydrogen-bond acceptors (Lipinski definition) is 5. The molecule has 0 radical (unpaired) electrons. The van der Waals surface area contributed by atoms with Gasteiger partial charge in [0, 0.05) is 11.6 Å². The second kappa shape index (κ2) is 7.59. The molecule has 9 heteroatoms. The fourth-order valence-corrected chi connectivity index (χ4v) is 3.60. The molecule has 0 bridgehead atoms. The lowest BCUT2D eigenvalue weighted by molar-refractivity contribution is -0.132. The Morgan fingerprint density at radius 2 is 1.80 bits per heavy atom. The number of carbonyl (C=O) groups is 2. The van der Waals surface area contributed by atoms with Gasteiger partial charge in [-0.3, -0.25) is 14.5 Å². The minimum atomic E-state index is -1.05. The number of Topliss-reactive ketones (excluding diaryl/α,β-unsaturated/α-hetero) is 1. The van der Waals surface area contributed by atoms with Crippen molar-refractivity contribution in [2.45, 2.75) is 13.0 Å². The molecule has 0 saturated carbocycles. The van der Waals surface area contributed by atoms with Crippen LogP contribution in [0.5, 0.6) is 0 Å². The lowest BCUT2D eigenvalue weighted by Crippen LogP contribution is -2.29. The Labute approximate surface area is 180 Å². The number of rotatable bonds is 3. The van der Waals surface area contributed by atoms with Crippen LogP contribution >= 0.6 is 23.2 Å². The summed E-state index contributed by atoms with van der Waals surface area (Å²) in [5.74, 6) is -2.25. The molecule has 0 aliphatic carbocycles. The first kappa shape index (κ1) is 20.1. The van der Waals surface area contributed by atoms with Gasteiger partial charge in [-0.2, -0.15) is 0 Å². The van der Waals surface area contributed by atoms with Crippen molar-refractivity contribution in [2.24, 2.45) is 0 Å². The van der Waals surface area contributed by atoms with Crippen molar-refractivity contribution in [3.63, 3.8) is 0 Å². The summed E-state index contributed by atoms with van der Waals surface area (Å²) < 4.78 is 18.4. The van der Waals surface area contributed by atoms with Gasteiger partial charge in [0.05, 0.1) is 21.7 Å². The number of aromatic nitrogens is 1. The lowest BCUT2D eigenvalue weighted by Gasteiger charge is -2.23. The number of aliphatic hydroxyl groups excluding tert-OH is 1. The van der Waals surface area contributed by atoms with Crippen LogP contribution in [0.2, 0.25) is 10.0 Å². The third-order valence-electron chi connectivity index (χ3n) is 4.68. The summed E-state index contributed by atoms with van der Waals surface area (Å²) in [6, 6.07) is 9.95. The molecule has 1 saturated heterocycles. The molecule has 2 aromatic carbocycles. The molecule has 0 unspecified atom stereocenters. The van der Waals surface area contributed by atoms with Gasteiger partial charge in [-0.25, -0.2) is 4.39 Å². The van der Waals surface area contributed by atoms with E-state index < -0.39 is 29.3 Å². The molecule has 2 heterocycles. The van der Waals surface area contributed by atoms with Crippen LogP contribution in [0.3, 0.4) is 0 Å². The van der Waals surface area contributed by atoms with Gasteiger partial charge in [0.1, 0.15) is 17.3 Å². The van der Waals surface area contributed by atoms with E-state index in [1.165, 1.54) is 30.3 Å².